The van der Waals surface area contributed by atoms with E-state index >= 15 is 0 Å². The van der Waals surface area contributed by atoms with Crippen molar-refractivity contribution in [2.24, 2.45) is 0 Å². The lowest BCUT2D eigenvalue weighted by Gasteiger charge is -2.34. The number of ether oxygens (including phenoxy) is 3. The number of hydrogen-bond donors (Lipinski definition) is 1. The lowest BCUT2D eigenvalue weighted by atomic mass is 10.0. The van der Waals surface area contributed by atoms with Gasteiger partial charge in [-0.1, -0.05) is 136 Å². The number of carbonyl (C=O) groups is 3. The molecule has 0 aliphatic carbocycles. The van der Waals surface area contributed by atoms with Crippen molar-refractivity contribution in [2.75, 3.05) is 39.9 Å². The van der Waals surface area contributed by atoms with Gasteiger partial charge in [-0.3, -0.25) is 9.59 Å². The smallest absolute Gasteiger partial charge is 0.362 e. The highest BCUT2D eigenvalue weighted by Gasteiger charge is 2.30. The van der Waals surface area contributed by atoms with Crippen LogP contribution in [0.25, 0.3) is 0 Å². The Labute approximate surface area is 314 Å². The lowest BCUT2D eigenvalue weighted by Crippen LogP contribution is -2.51. The zero-order valence-electron chi connectivity index (χ0n) is 34.1. The second-order valence-corrected chi connectivity index (χ2v) is 15.1. The van der Waals surface area contributed by atoms with Gasteiger partial charge in [-0.2, -0.15) is 0 Å². The molecule has 300 valence electrons. The van der Waals surface area contributed by atoms with Crippen LogP contribution in [0, 0.1) is 0 Å². The van der Waals surface area contributed by atoms with E-state index in [1.165, 1.54) is 71.1 Å². The molecule has 1 N–H and O–H groups in total. The largest absolute Gasteiger partial charge is 0.466 e. The normalized spacial score (nSPS) is 13.9. The quantitative estimate of drug-likeness (QED) is 0.0224. The number of nitrogens with zero attached hydrogens (tertiary/aromatic N) is 1. The molecule has 0 heterocycles. The molecule has 3 unspecified atom stereocenters. The van der Waals surface area contributed by atoms with Crippen LogP contribution >= 0.6 is 0 Å². The van der Waals surface area contributed by atoms with Crippen LogP contribution in [0.15, 0.2) is 12.2 Å². The molecule has 0 radical (unpaired) electrons. The summed E-state index contributed by atoms with van der Waals surface area (Å²) in [5.74, 6) is -0.666. The number of allylic oxidation sites excluding steroid dienone is 1. The van der Waals surface area contributed by atoms with E-state index in [1.807, 2.05) is 13.1 Å². The van der Waals surface area contributed by atoms with E-state index in [1.54, 1.807) is 0 Å². The molecule has 51 heavy (non-hydrogen) atoms. The van der Waals surface area contributed by atoms with Crippen molar-refractivity contribution in [1.29, 1.82) is 0 Å². The summed E-state index contributed by atoms with van der Waals surface area (Å²) in [4.78, 5) is 36.6. The number of aliphatic hydroxyl groups is 1. The summed E-state index contributed by atoms with van der Waals surface area (Å²) in [6.07, 6.45) is 30.7. The molecule has 0 fully saturated rings. The van der Waals surface area contributed by atoms with Gasteiger partial charge in [-0.25, -0.2) is 4.79 Å². The van der Waals surface area contributed by atoms with E-state index in [9.17, 15) is 19.5 Å². The van der Waals surface area contributed by atoms with Gasteiger partial charge in [0.25, 0.3) is 0 Å². The molecular formula is C43H82NO7+. The standard InChI is InChI=1S/C43H82NO7/c1-6-9-12-14-16-21-25-30-36-50-42(47)33-28-23-20-18-17-19-22-27-31-40(46)41(32-26-11-8-3)51-43(48)38-44(5,35-37-49-39(4)45)34-29-24-15-13-10-7-2/h22,27,40-41,46H,6-21,23-26,28-38H2,1-5H3/q+1/b27-22-. The molecule has 0 spiro atoms. The minimum atomic E-state index is -0.740. The summed E-state index contributed by atoms with van der Waals surface area (Å²) in [7, 11) is 2.04. The fourth-order valence-electron chi connectivity index (χ4n) is 6.46. The van der Waals surface area contributed by atoms with Gasteiger partial charge in [0.15, 0.2) is 6.54 Å². The number of esters is 3. The van der Waals surface area contributed by atoms with Crippen LogP contribution in [0.3, 0.4) is 0 Å². The van der Waals surface area contributed by atoms with Gasteiger partial charge in [0.05, 0.1) is 26.3 Å². The number of unbranched alkanes of at least 4 members (excludes halogenated alkanes) is 19. The van der Waals surface area contributed by atoms with Crippen molar-refractivity contribution >= 4 is 17.9 Å². The first-order chi connectivity index (χ1) is 24.7. The minimum absolute atomic E-state index is 0.0568. The summed E-state index contributed by atoms with van der Waals surface area (Å²) < 4.78 is 17.1. The maximum Gasteiger partial charge on any atom is 0.362 e. The number of quaternary nitrogens is 1. The molecule has 0 saturated carbocycles. The number of likely N-dealkylation sites (N-methyl/N-ethyl adjacent to an activating group) is 1. The Morgan fingerprint density at radius 1 is 0.608 bits per heavy atom. The predicted octanol–water partition coefficient (Wildman–Crippen LogP) is 10.6. The lowest BCUT2D eigenvalue weighted by molar-refractivity contribution is -0.903. The summed E-state index contributed by atoms with van der Waals surface area (Å²) in [5.41, 5.74) is 0. The van der Waals surface area contributed by atoms with Gasteiger partial charge in [0, 0.05) is 13.3 Å². The third-order valence-electron chi connectivity index (χ3n) is 9.86. The first-order valence-corrected chi connectivity index (χ1v) is 21.3. The third-order valence-corrected chi connectivity index (χ3v) is 9.86. The molecule has 0 aromatic heterocycles. The van der Waals surface area contributed by atoms with Gasteiger partial charge < -0.3 is 23.8 Å². The summed E-state index contributed by atoms with van der Waals surface area (Å²) in [5, 5.41) is 11.0. The Kier molecular flexibility index (Phi) is 33.8. The molecule has 0 aliphatic heterocycles. The zero-order valence-corrected chi connectivity index (χ0v) is 34.1. The Bertz CT molecular complexity index is 863. The molecule has 0 aromatic rings. The molecule has 0 aromatic carbocycles. The highest BCUT2D eigenvalue weighted by atomic mass is 16.6. The first kappa shape index (κ1) is 49.1. The van der Waals surface area contributed by atoms with Crippen molar-refractivity contribution in [2.45, 2.75) is 207 Å². The Morgan fingerprint density at radius 2 is 1.16 bits per heavy atom. The fraction of sp³-hybridized carbons (Fsp3) is 0.884. The van der Waals surface area contributed by atoms with E-state index in [-0.39, 0.29) is 31.1 Å². The van der Waals surface area contributed by atoms with E-state index in [4.69, 9.17) is 14.2 Å². The molecular weight excluding hydrogens is 642 g/mol. The highest BCUT2D eigenvalue weighted by Crippen LogP contribution is 2.17. The van der Waals surface area contributed by atoms with Gasteiger partial charge >= 0.3 is 17.9 Å². The molecule has 0 saturated heterocycles. The minimum Gasteiger partial charge on any atom is -0.466 e. The van der Waals surface area contributed by atoms with Crippen molar-refractivity contribution < 1.29 is 38.2 Å². The van der Waals surface area contributed by atoms with E-state index < -0.39 is 12.2 Å². The van der Waals surface area contributed by atoms with Crippen molar-refractivity contribution in [3.8, 4) is 0 Å². The van der Waals surface area contributed by atoms with Crippen LogP contribution in [0.1, 0.15) is 195 Å². The molecule has 0 rings (SSSR count). The molecule has 3 atom stereocenters. The number of hydrogen-bond acceptors (Lipinski definition) is 7. The number of carbonyl (C=O) groups excluding carboxylic acids is 3. The van der Waals surface area contributed by atoms with Gasteiger partial charge in [-0.15, -0.1) is 0 Å². The van der Waals surface area contributed by atoms with Gasteiger partial charge in [0.1, 0.15) is 19.3 Å². The SMILES string of the molecule is CCCCCCCCCCOC(=O)CCCCCCC/C=C\CC(O)C(CCCCC)OC(=O)C[N+](C)(CCCCCCCC)CCOC(C)=O. The van der Waals surface area contributed by atoms with Crippen molar-refractivity contribution in [3.63, 3.8) is 0 Å². The van der Waals surface area contributed by atoms with Crippen molar-refractivity contribution in [1.82, 2.24) is 0 Å². The molecule has 0 aliphatic rings. The maximum atomic E-state index is 13.3. The molecule has 8 heteroatoms. The summed E-state index contributed by atoms with van der Waals surface area (Å²) >= 11 is 0. The van der Waals surface area contributed by atoms with Gasteiger partial charge in [0.2, 0.25) is 0 Å². The third kappa shape index (κ3) is 32.5. The number of rotatable bonds is 37. The Balaban J connectivity index is 4.46. The van der Waals surface area contributed by atoms with Gasteiger partial charge in [-0.05, 0) is 57.8 Å². The maximum absolute atomic E-state index is 13.3. The van der Waals surface area contributed by atoms with Crippen LogP contribution in [-0.2, 0) is 28.6 Å². The number of aliphatic hydroxyl groups excluding tert-OH is 1. The second kappa shape index (κ2) is 35.1. The second-order valence-electron chi connectivity index (χ2n) is 15.1. The molecule has 8 nitrogen and oxygen atoms in total. The average molecular weight is 725 g/mol. The monoisotopic (exact) mass is 725 g/mol. The zero-order chi connectivity index (χ0) is 37.8. The fourth-order valence-corrected chi connectivity index (χ4v) is 6.46. The van der Waals surface area contributed by atoms with Crippen molar-refractivity contribution in [3.05, 3.63) is 12.2 Å². The van der Waals surface area contributed by atoms with Crippen LogP contribution in [0.4, 0.5) is 0 Å². The van der Waals surface area contributed by atoms with Crippen LogP contribution < -0.4 is 0 Å². The highest BCUT2D eigenvalue weighted by molar-refractivity contribution is 5.71. The Morgan fingerprint density at radius 3 is 1.78 bits per heavy atom. The van der Waals surface area contributed by atoms with E-state index in [2.05, 4.69) is 26.8 Å². The average Bonchev–Trinajstić information content (AvgIpc) is 3.09. The predicted molar refractivity (Wildman–Crippen MR) is 210 cm³/mol. The van der Waals surface area contributed by atoms with Crippen LogP contribution in [0.5, 0.6) is 0 Å². The molecule has 0 amide bonds. The summed E-state index contributed by atoms with van der Waals surface area (Å²) in [6.45, 7) is 10.4. The van der Waals surface area contributed by atoms with E-state index in [0.29, 0.717) is 36.9 Å². The van der Waals surface area contributed by atoms with Crippen LogP contribution in [0.2, 0.25) is 0 Å². The molecule has 0 bridgehead atoms. The van der Waals surface area contributed by atoms with E-state index in [0.717, 1.165) is 90.0 Å². The first-order valence-electron chi connectivity index (χ1n) is 21.3. The topological polar surface area (TPSA) is 99.1 Å². The Hall–Kier alpha value is -1.93. The summed E-state index contributed by atoms with van der Waals surface area (Å²) in [6, 6.07) is 0. The van der Waals surface area contributed by atoms with Crippen LogP contribution in [-0.4, -0.2) is 79.6 Å².